The number of carbonyl (C=O) groups excluding carboxylic acids is 2. The van der Waals surface area contributed by atoms with Crippen LogP contribution in [0.1, 0.15) is 25.3 Å². The minimum atomic E-state index is -0.562. The van der Waals surface area contributed by atoms with Crippen LogP contribution < -0.4 is 24.8 Å². The van der Waals surface area contributed by atoms with Gasteiger partial charge >= 0.3 is 5.97 Å². The van der Waals surface area contributed by atoms with Crippen LogP contribution in [0.3, 0.4) is 0 Å². The fourth-order valence-corrected chi connectivity index (χ4v) is 4.95. The molecule has 0 bridgehead atoms. The highest BCUT2D eigenvalue weighted by molar-refractivity contribution is 7.07. The number of hydrogen-bond donors (Lipinski definition) is 1. The summed E-state index contributed by atoms with van der Waals surface area (Å²) in [5.41, 5.74) is 0.492. The number of aromatic nitrogens is 1. The van der Waals surface area contributed by atoms with Gasteiger partial charge < -0.3 is 19.5 Å². The van der Waals surface area contributed by atoms with Crippen molar-refractivity contribution >= 4 is 46.1 Å². The first-order chi connectivity index (χ1) is 17.0. The number of rotatable bonds is 8. The first-order valence-electron chi connectivity index (χ1n) is 11.5. The number of carbonyl (C=O) groups is 2. The molecule has 1 aliphatic heterocycles. The molecule has 3 aromatic rings. The SMILES string of the molecule is CCOC(=O)/C=c1\s/c(=C/c2ccc3cc(OC)ccc3c2)c(=O)n1CC(=O)NCC1CCCO1. The Bertz CT molecular complexity index is 1400. The molecule has 1 saturated heterocycles. The minimum Gasteiger partial charge on any atom is -0.497 e. The Labute approximate surface area is 206 Å². The van der Waals surface area contributed by atoms with Gasteiger partial charge in [-0.2, -0.15) is 0 Å². The van der Waals surface area contributed by atoms with Crippen molar-refractivity contribution in [1.82, 2.24) is 9.88 Å². The third-order valence-corrected chi connectivity index (χ3v) is 6.75. The van der Waals surface area contributed by atoms with Crippen LogP contribution in [0.5, 0.6) is 5.75 Å². The number of thiazole rings is 1. The monoisotopic (exact) mass is 496 g/mol. The summed E-state index contributed by atoms with van der Waals surface area (Å²) in [6, 6.07) is 11.6. The number of benzene rings is 2. The first-order valence-corrected chi connectivity index (χ1v) is 12.3. The third kappa shape index (κ3) is 6.17. The lowest BCUT2D eigenvalue weighted by molar-refractivity contribution is -0.135. The maximum absolute atomic E-state index is 13.2. The zero-order chi connectivity index (χ0) is 24.8. The zero-order valence-corrected chi connectivity index (χ0v) is 20.6. The van der Waals surface area contributed by atoms with E-state index in [1.54, 1.807) is 20.1 Å². The Hall–Kier alpha value is -3.43. The molecule has 1 aliphatic rings. The van der Waals surface area contributed by atoms with Crippen molar-refractivity contribution in [3.05, 3.63) is 61.5 Å². The lowest BCUT2D eigenvalue weighted by Gasteiger charge is -2.10. The predicted molar refractivity (Wildman–Crippen MR) is 135 cm³/mol. The number of nitrogens with zero attached hydrogens (tertiary/aromatic N) is 1. The van der Waals surface area contributed by atoms with E-state index in [1.807, 2.05) is 36.4 Å². The Morgan fingerprint density at radius 1 is 1.23 bits per heavy atom. The second kappa shape index (κ2) is 11.3. The van der Waals surface area contributed by atoms with Gasteiger partial charge in [0, 0.05) is 13.2 Å². The van der Waals surface area contributed by atoms with Crippen LogP contribution in [0.2, 0.25) is 0 Å². The van der Waals surface area contributed by atoms with E-state index in [1.165, 1.54) is 10.6 Å². The number of methoxy groups -OCH3 is 1. The molecule has 35 heavy (non-hydrogen) atoms. The van der Waals surface area contributed by atoms with E-state index >= 15 is 0 Å². The van der Waals surface area contributed by atoms with Crippen molar-refractivity contribution in [2.75, 3.05) is 26.9 Å². The summed E-state index contributed by atoms with van der Waals surface area (Å²) in [5, 5.41) is 4.85. The van der Waals surface area contributed by atoms with Crippen LogP contribution in [-0.4, -0.2) is 49.4 Å². The normalized spacial score (nSPS) is 16.6. The van der Waals surface area contributed by atoms with E-state index in [4.69, 9.17) is 14.2 Å². The van der Waals surface area contributed by atoms with Crippen molar-refractivity contribution in [1.29, 1.82) is 0 Å². The van der Waals surface area contributed by atoms with E-state index in [0.717, 1.165) is 46.3 Å². The maximum Gasteiger partial charge on any atom is 0.333 e. The average molecular weight is 497 g/mol. The van der Waals surface area contributed by atoms with E-state index in [2.05, 4.69) is 5.32 Å². The number of hydrogen-bond acceptors (Lipinski definition) is 7. The Kier molecular flexibility index (Phi) is 7.99. The summed E-state index contributed by atoms with van der Waals surface area (Å²) < 4.78 is 17.9. The van der Waals surface area contributed by atoms with E-state index < -0.39 is 5.97 Å². The summed E-state index contributed by atoms with van der Waals surface area (Å²) in [6.07, 6.45) is 4.90. The molecule has 184 valence electrons. The average Bonchev–Trinajstić information content (AvgIpc) is 3.47. The highest BCUT2D eigenvalue weighted by atomic mass is 32.1. The number of esters is 1. The van der Waals surface area contributed by atoms with Crippen LogP contribution in [0.4, 0.5) is 0 Å². The van der Waals surface area contributed by atoms with Crippen molar-refractivity contribution in [3.63, 3.8) is 0 Å². The van der Waals surface area contributed by atoms with Gasteiger partial charge in [0.2, 0.25) is 5.91 Å². The molecule has 0 saturated carbocycles. The zero-order valence-electron chi connectivity index (χ0n) is 19.7. The molecular weight excluding hydrogens is 468 g/mol. The van der Waals surface area contributed by atoms with Crippen molar-refractivity contribution in [2.24, 2.45) is 0 Å². The minimum absolute atomic E-state index is 0.000442. The molecule has 1 atom stereocenters. The smallest absolute Gasteiger partial charge is 0.333 e. The molecule has 8 nitrogen and oxygen atoms in total. The highest BCUT2D eigenvalue weighted by Crippen LogP contribution is 2.22. The third-order valence-electron chi connectivity index (χ3n) is 5.69. The number of fused-ring (bicyclic) bond motifs is 1. The van der Waals surface area contributed by atoms with Crippen molar-refractivity contribution < 1.29 is 23.8 Å². The summed E-state index contributed by atoms with van der Waals surface area (Å²) in [4.78, 5) is 37.9. The number of nitrogens with one attached hydrogen (secondary N) is 1. The predicted octanol–water partition coefficient (Wildman–Crippen LogP) is 1.54. The van der Waals surface area contributed by atoms with Gasteiger partial charge in [0.25, 0.3) is 5.56 Å². The summed E-state index contributed by atoms with van der Waals surface area (Å²) in [5.74, 6) is -0.106. The molecule has 2 heterocycles. The van der Waals surface area contributed by atoms with Gasteiger partial charge in [-0.3, -0.25) is 14.2 Å². The fourth-order valence-electron chi connectivity index (χ4n) is 3.92. The fraction of sp³-hybridized carbons (Fsp3) is 0.346. The lowest BCUT2D eigenvalue weighted by atomic mass is 10.1. The van der Waals surface area contributed by atoms with Crippen LogP contribution >= 0.6 is 11.3 Å². The molecule has 2 aromatic carbocycles. The van der Waals surface area contributed by atoms with Crippen LogP contribution in [0, 0.1) is 0 Å². The van der Waals surface area contributed by atoms with Gasteiger partial charge in [0.1, 0.15) is 17.0 Å². The summed E-state index contributed by atoms with van der Waals surface area (Å²) in [7, 11) is 1.62. The standard InChI is InChI=1S/C26H28N2O6S/c1-3-33-25(30)14-24-28(16-23(29)27-15-21-5-4-10-34-21)26(31)22(35-24)12-17-6-7-19-13-20(32-2)9-8-18(19)11-17/h6-9,11-14,21H,3-5,10,15-16H2,1-2H3,(H,27,29)/b22-12+,24-14-. The largest absolute Gasteiger partial charge is 0.497 e. The molecule has 1 fully saturated rings. The molecular formula is C26H28N2O6S. The molecule has 1 unspecified atom stereocenters. The van der Waals surface area contributed by atoms with Gasteiger partial charge in [0.05, 0.1) is 30.4 Å². The number of amides is 1. The Morgan fingerprint density at radius 3 is 2.77 bits per heavy atom. The summed E-state index contributed by atoms with van der Waals surface area (Å²) in [6.45, 7) is 2.83. The van der Waals surface area contributed by atoms with Crippen molar-refractivity contribution in [2.45, 2.75) is 32.4 Å². The van der Waals surface area contributed by atoms with Gasteiger partial charge in [0.15, 0.2) is 0 Å². The van der Waals surface area contributed by atoms with Crippen LogP contribution in [-0.2, 0) is 25.6 Å². The molecule has 1 amide bonds. The Balaban J connectivity index is 1.66. The summed E-state index contributed by atoms with van der Waals surface area (Å²) >= 11 is 1.15. The molecule has 0 radical (unpaired) electrons. The van der Waals surface area contributed by atoms with Gasteiger partial charge in [-0.15, -0.1) is 11.3 Å². The second-order valence-corrected chi connectivity index (χ2v) is 9.21. The van der Waals surface area contributed by atoms with Gasteiger partial charge in [-0.1, -0.05) is 18.2 Å². The topological polar surface area (TPSA) is 95.9 Å². The van der Waals surface area contributed by atoms with E-state index in [-0.39, 0.29) is 30.7 Å². The van der Waals surface area contributed by atoms with E-state index in [9.17, 15) is 14.4 Å². The molecule has 1 N–H and O–H groups in total. The maximum atomic E-state index is 13.2. The molecule has 9 heteroatoms. The number of ether oxygens (including phenoxy) is 3. The second-order valence-electron chi connectivity index (χ2n) is 8.15. The Morgan fingerprint density at radius 2 is 2.03 bits per heavy atom. The molecule has 0 aliphatic carbocycles. The quantitative estimate of drug-likeness (QED) is 0.476. The molecule has 0 spiro atoms. The molecule has 1 aromatic heterocycles. The first kappa shape index (κ1) is 24.7. The highest BCUT2D eigenvalue weighted by Gasteiger charge is 2.17. The molecule has 4 rings (SSSR count). The lowest BCUT2D eigenvalue weighted by Crippen LogP contribution is -2.40. The van der Waals surface area contributed by atoms with E-state index in [0.29, 0.717) is 22.3 Å². The van der Waals surface area contributed by atoms with Crippen LogP contribution in [0.15, 0.2) is 41.2 Å². The van der Waals surface area contributed by atoms with Crippen LogP contribution in [0.25, 0.3) is 22.9 Å². The van der Waals surface area contributed by atoms with Gasteiger partial charge in [-0.25, -0.2) is 4.79 Å². The van der Waals surface area contributed by atoms with Crippen molar-refractivity contribution in [3.8, 4) is 5.75 Å². The van der Waals surface area contributed by atoms with Gasteiger partial charge in [-0.05, 0) is 60.4 Å².